The van der Waals surface area contributed by atoms with Crippen LogP contribution in [0.5, 0.6) is 17.2 Å². The molecule has 0 atom stereocenters. The van der Waals surface area contributed by atoms with Gasteiger partial charge in [-0.1, -0.05) is 75.4 Å². The SMILES string of the molecule is CCc1cccc(C/N=[N]/[Al](/[N]=N/Cc2cccc(CC)c2O)/[N]=N/Cc2cccc(CC)c2O)c1O. The van der Waals surface area contributed by atoms with Crippen molar-refractivity contribution in [3.8, 4) is 17.2 Å². The molecular formula is C27H33AlN6O3. The molecule has 0 aliphatic heterocycles. The van der Waals surface area contributed by atoms with Crippen LogP contribution in [0.15, 0.2) is 82.2 Å². The molecule has 0 aromatic heterocycles. The normalized spacial score (nSPS) is 11.8. The molecule has 0 radical (unpaired) electrons. The van der Waals surface area contributed by atoms with Crippen molar-refractivity contribution in [3.63, 3.8) is 0 Å². The Morgan fingerprint density at radius 3 is 1.03 bits per heavy atom. The third-order valence-corrected chi connectivity index (χ3v) is 7.14. The minimum Gasteiger partial charge on any atom is -0.507 e. The summed E-state index contributed by atoms with van der Waals surface area (Å²) in [7, 11) is 0. The third kappa shape index (κ3) is 7.69. The van der Waals surface area contributed by atoms with Gasteiger partial charge in [0.1, 0.15) is 17.2 Å². The molecule has 0 saturated heterocycles. The lowest BCUT2D eigenvalue weighted by molar-refractivity contribution is 0.461. The quantitative estimate of drug-likeness (QED) is 0.182. The highest BCUT2D eigenvalue weighted by Gasteiger charge is 2.23. The largest absolute Gasteiger partial charge is 0.855 e. The topological polar surface area (TPSA) is 135 Å². The molecule has 10 heteroatoms. The molecule has 3 aromatic rings. The van der Waals surface area contributed by atoms with Crippen molar-refractivity contribution in [1.82, 2.24) is 0 Å². The van der Waals surface area contributed by atoms with Gasteiger partial charge in [-0.2, -0.15) is 0 Å². The monoisotopic (exact) mass is 516 g/mol. The lowest BCUT2D eigenvalue weighted by atomic mass is 10.1. The second-order valence-corrected chi connectivity index (χ2v) is 9.81. The van der Waals surface area contributed by atoms with Crippen molar-refractivity contribution < 1.29 is 15.3 Å². The van der Waals surface area contributed by atoms with Crippen LogP contribution in [0.1, 0.15) is 54.2 Å². The Balaban J connectivity index is 1.77. The predicted molar refractivity (Wildman–Crippen MR) is 144 cm³/mol. The average Bonchev–Trinajstić information content (AvgIpc) is 2.91. The Morgan fingerprint density at radius 2 is 0.757 bits per heavy atom. The maximum Gasteiger partial charge on any atom is 0.855 e. The summed E-state index contributed by atoms with van der Waals surface area (Å²) in [5.41, 5.74) is 4.57. The van der Waals surface area contributed by atoms with Gasteiger partial charge < -0.3 is 15.3 Å². The Hall–Kier alpha value is -3.61. The molecule has 0 amide bonds. The van der Waals surface area contributed by atoms with E-state index in [9.17, 15) is 15.3 Å². The van der Waals surface area contributed by atoms with Crippen LogP contribution in [0, 0.1) is 0 Å². The zero-order chi connectivity index (χ0) is 26.6. The van der Waals surface area contributed by atoms with E-state index in [0.717, 1.165) is 36.0 Å². The van der Waals surface area contributed by atoms with Crippen molar-refractivity contribution in [2.75, 3.05) is 0 Å². The van der Waals surface area contributed by atoms with Crippen LogP contribution >= 0.6 is 0 Å². The number of benzene rings is 3. The maximum atomic E-state index is 10.4. The van der Waals surface area contributed by atoms with Crippen LogP contribution in [0.25, 0.3) is 0 Å². The maximum absolute atomic E-state index is 10.4. The lowest BCUT2D eigenvalue weighted by Gasteiger charge is -2.06. The highest BCUT2D eigenvalue weighted by atomic mass is 27.2. The second-order valence-electron chi connectivity index (χ2n) is 8.43. The van der Waals surface area contributed by atoms with Crippen LogP contribution in [0.4, 0.5) is 0 Å². The minimum atomic E-state index is -2.63. The highest BCUT2D eigenvalue weighted by Crippen LogP contribution is 2.26. The van der Waals surface area contributed by atoms with E-state index in [0.29, 0.717) is 16.7 Å². The first-order chi connectivity index (χ1) is 18.0. The third-order valence-electron chi connectivity index (χ3n) is 6.03. The summed E-state index contributed by atoms with van der Waals surface area (Å²) in [6.07, 6.45) is 2.15. The van der Waals surface area contributed by atoms with Gasteiger partial charge in [-0.15, -0.1) is 0 Å². The van der Waals surface area contributed by atoms with E-state index in [2.05, 4.69) is 27.6 Å². The van der Waals surface area contributed by atoms with Gasteiger partial charge in [0.2, 0.25) is 0 Å². The van der Waals surface area contributed by atoms with Crippen LogP contribution in [0.3, 0.4) is 0 Å². The van der Waals surface area contributed by atoms with Crippen LogP contribution < -0.4 is 0 Å². The zero-order valence-corrected chi connectivity index (χ0v) is 22.7. The number of aromatic hydroxyl groups is 3. The van der Waals surface area contributed by atoms with E-state index in [1.54, 1.807) is 18.2 Å². The Kier molecular flexibility index (Phi) is 10.7. The number of nitrogens with zero attached hydrogens (tertiary/aromatic N) is 6. The molecule has 0 unspecified atom stereocenters. The molecule has 0 spiro atoms. The van der Waals surface area contributed by atoms with Crippen LogP contribution in [-0.2, 0) is 38.9 Å². The summed E-state index contributed by atoms with van der Waals surface area (Å²) in [4.78, 5) is 0. The number of aryl methyl sites for hydroxylation is 3. The van der Waals surface area contributed by atoms with Gasteiger partial charge in [0.05, 0.1) is 19.6 Å². The first-order valence-corrected chi connectivity index (χ1v) is 14.0. The molecule has 0 heterocycles. The van der Waals surface area contributed by atoms with E-state index >= 15 is 0 Å². The number of para-hydroxylation sites is 3. The van der Waals surface area contributed by atoms with Crippen LogP contribution in [-0.4, -0.2) is 30.1 Å². The number of rotatable bonds is 12. The Morgan fingerprint density at radius 1 is 0.486 bits per heavy atom. The first-order valence-electron chi connectivity index (χ1n) is 12.5. The molecule has 0 fully saturated rings. The predicted octanol–water partition coefficient (Wildman–Crippen LogP) is 6.73. The lowest BCUT2D eigenvalue weighted by Crippen LogP contribution is -2.02. The highest BCUT2D eigenvalue weighted by molar-refractivity contribution is 6.51. The van der Waals surface area contributed by atoms with Crippen molar-refractivity contribution in [3.05, 3.63) is 88.0 Å². The van der Waals surface area contributed by atoms with Crippen molar-refractivity contribution in [1.29, 1.82) is 0 Å². The molecule has 0 saturated carbocycles. The van der Waals surface area contributed by atoms with Gasteiger partial charge >= 0.3 is 14.8 Å². The summed E-state index contributed by atoms with van der Waals surface area (Å²) in [5.74, 6) is 0.675. The van der Waals surface area contributed by atoms with E-state index in [1.165, 1.54) is 0 Å². The summed E-state index contributed by atoms with van der Waals surface area (Å²) >= 11 is -2.63. The minimum absolute atomic E-state index is 0.187. The van der Waals surface area contributed by atoms with E-state index in [4.69, 9.17) is 0 Å². The van der Waals surface area contributed by atoms with Gasteiger partial charge in [0.25, 0.3) is 0 Å². The van der Waals surface area contributed by atoms with Gasteiger partial charge in [0.15, 0.2) is 0 Å². The molecule has 3 aromatic carbocycles. The molecule has 0 aliphatic rings. The molecule has 3 N–H and O–H groups in total. The molecular weight excluding hydrogens is 483 g/mol. The van der Waals surface area contributed by atoms with E-state index < -0.39 is 14.8 Å². The van der Waals surface area contributed by atoms with Crippen molar-refractivity contribution >= 4 is 14.8 Å². The molecule has 3 rings (SSSR count). The first kappa shape index (κ1) is 28.0. The fourth-order valence-electron chi connectivity index (χ4n) is 3.81. The molecule has 192 valence electrons. The van der Waals surface area contributed by atoms with Gasteiger partial charge in [-0.25, -0.2) is 15.3 Å². The van der Waals surface area contributed by atoms with Gasteiger partial charge in [-0.3, -0.25) is 12.3 Å². The van der Waals surface area contributed by atoms with Gasteiger partial charge in [-0.05, 0) is 36.0 Å². The summed E-state index contributed by atoms with van der Waals surface area (Å²) in [6.45, 7) is 6.50. The zero-order valence-electron chi connectivity index (χ0n) is 21.5. The summed E-state index contributed by atoms with van der Waals surface area (Å²) in [6, 6.07) is 16.7. The summed E-state index contributed by atoms with van der Waals surface area (Å²) in [5, 5.41) is 43.9. The molecule has 37 heavy (non-hydrogen) atoms. The smallest absolute Gasteiger partial charge is 0.507 e. The number of phenolic OH excluding ortho intramolecular Hbond substituents is 3. The Labute approximate surface area is 222 Å². The van der Waals surface area contributed by atoms with E-state index in [1.807, 2.05) is 57.2 Å². The van der Waals surface area contributed by atoms with Gasteiger partial charge in [0, 0.05) is 16.7 Å². The summed E-state index contributed by atoms with van der Waals surface area (Å²) < 4.78 is 12.9. The average molecular weight is 517 g/mol. The van der Waals surface area contributed by atoms with Crippen molar-refractivity contribution in [2.45, 2.75) is 59.7 Å². The molecule has 9 nitrogen and oxygen atoms in total. The molecule has 0 aliphatic carbocycles. The van der Waals surface area contributed by atoms with E-state index in [-0.39, 0.29) is 36.9 Å². The number of phenols is 3. The number of hydrogen-bond donors (Lipinski definition) is 3. The second kappa shape index (κ2) is 14.2. The fourth-order valence-corrected chi connectivity index (χ4v) is 4.63. The number of hydrogen-bond acceptors (Lipinski definition) is 9. The fraction of sp³-hybridized carbons (Fsp3) is 0.333. The van der Waals surface area contributed by atoms with Crippen molar-refractivity contribution in [2.24, 2.45) is 27.6 Å². The van der Waals surface area contributed by atoms with Crippen LogP contribution in [0.2, 0.25) is 0 Å². The standard InChI is InChI=1S/3C9H11N2O.Al/c3*1-2-7-4-3-5-8(6-11-10)9(7)12;/h3*3-5,12H,2,6H2,1H3;/q3*-1;+3. The molecule has 0 bridgehead atoms. The Bertz CT molecular complexity index is 1120.